The molecule has 0 fully saturated rings. The zero-order valence-electron chi connectivity index (χ0n) is 10.2. The summed E-state index contributed by atoms with van der Waals surface area (Å²) in [6, 6.07) is 7.22. The summed E-state index contributed by atoms with van der Waals surface area (Å²) in [5.74, 6) is 0. The van der Waals surface area contributed by atoms with E-state index in [1.807, 2.05) is 0 Å². The van der Waals surface area contributed by atoms with Crippen LogP contribution in [0.1, 0.15) is 25.0 Å². The zero-order chi connectivity index (χ0) is 11.6. The van der Waals surface area contributed by atoms with E-state index in [4.69, 9.17) is 0 Å². The topological polar surface area (TPSA) is 6.48 Å². The molecular weight excluding hydrogens is 208 g/mol. The SMILES string of the molecule is CC(C)N1C=C2C=Cc3cccc4c3N2C1C4. The maximum absolute atomic E-state index is 2.50. The molecule has 3 aliphatic rings. The van der Waals surface area contributed by atoms with Crippen LogP contribution in [0.4, 0.5) is 5.69 Å². The monoisotopic (exact) mass is 224 g/mol. The minimum Gasteiger partial charge on any atom is -0.352 e. The quantitative estimate of drug-likeness (QED) is 0.723. The molecule has 86 valence electrons. The van der Waals surface area contributed by atoms with Crippen LogP contribution in [0.15, 0.2) is 36.2 Å². The highest BCUT2D eigenvalue weighted by atomic mass is 15.4. The van der Waals surface area contributed by atoms with Crippen molar-refractivity contribution in [1.29, 1.82) is 0 Å². The van der Waals surface area contributed by atoms with E-state index in [1.165, 1.54) is 22.5 Å². The number of nitrogens with zero attached hydrogens (tertiary/aromatic N) is 2. The predicted molar refractivity (Wildman–Crippen MR) is 70.5 cm³/mol. The number of hydrogen-bond donors (Lipinski definition) is 0. The third-order valence-corrected chi connectivity index (χ3v) is 4.03. The maximum Gasteiger partial charge on any atom is 0.110 e. The van der Waals surface area contributed by atoms with Crippen molar-refractivity contribution in [2.75, 3.05) is 4.90 Å². The molecule has 17 heavy (non-hydrogen) atoms. The molecule has 3 heterocycles. The Morgan fingerprint density at radius 1 is 1.24 bits per heavy atom. The lowest BCUT2D eigenvalue weighted by Gasteiger charge is -2.32. The fourth-order valence-corrected chi connectivity index (χ4v) is 3.27. The molecule has 2 nitrogen and oxygen atoms in total. The van der Waals surface area contributed by atoms with Gasteiger partial charge in [0.15, 0.2) is 0 Å². The molecule has 0 saturated heterocycles. The van der Waals surface area contributed by atoms with Gasteiger partial charge in [0, 0.05) is 18.7 Å². The van der Waals surface area contributed by atoms with Crippen molar-refractivity contribution >= 4 is 11.8 Å². The fourth-order valence-electron chi connectivity index (χ4n) is 3.27. The normalized spacial score (nSPS) is 23.5. The van der Waals surface area contributed by atoms with Crippen LogP contribution in [0, 0.1) is 0 Å². The van der Waals surface area contributed by atoms with Crippen molar-refractivity contribution in [2.45, 2.75) is 32.5 Å². The Kier molecular flexibility index (Phi) is 1.62. The van der Waals surface area contributed by atoms with Gasteiger partial charge in [0.2, 0.25) is 0 Å². The van der Waals surface area contributed by atoms with E-state index in [1.54, 1.807) is 0 Å². The molecule has 0 spiro atoms. The first-order chi connectivity index (χ1) is 8.25. The van der Waals surface area contributed by atoms with Crippen LogP contribution >= 0.6 is 0 Å². The summed E-state index contributed by atoms with van der Waals surface area (Å²) in [5, 5.41) is 0. The van der Waals surface area contributed by atoms with Crippen molar-refractivity contribution < 1.29 is 0 Å². The summed E-state index contributed by atoms with van der Waals surface area (Å²) < 4.78 is 0. The molecule has 1 aromatic carbocycles. The Hall–Kier alpha value is -1.70. The molecule has 2 heteroatoms. The minimum atomic E-state index is 0.506. The van der Waals surface area contributed by atoms with Gasteiger partial charge in [-0.25, -0.2) is 0 Å². The molecule has 0 radical (unpaired) electrons. The van der Waals surface area contributed by atoms with E-state index in [9.17, 15) is 0 Å². The molecule has 0 saturated carbocycles. The van der Waals surface area contributed by atoms with Crippen molar-refractivity contribution in [3.8, 4) is 0 Å². The first-order valence-corrected chi connectivity index (χ1v) is 6.34. The number of allylic oxidation sites excluding steroid dienone is 1. The van der Waals surface area contributed by atoms with Gasteiger partial charge in [-0.3, -0.25) is 0 Å². The van der Waals surface area contributed by atoms with Gasteiger partial charge in [0.25, 0.3) is 0 Å². The van der Waals surface area contributed by atoms with Crippen LogP contribution in [0.2, 0.25) is 0 Å². The second-order valence-electron chi connectivity index (χ2n) is 5.34. The summed E-state index contributed by atoms with van der Waals surface area (Å²) in [4.78, 5) is 4.99. The maximum atomic E-state index is 2.50. The smallest absolute Gasteiger partial charge is 0.110 e. The molecule has 1 aromatic rings. The van der Waals surface area contributed by atoms with Crippen LogP contribution in [0.5, 0.6) is 0 Å². The van der Waals surface area contributed by atoms with Gasteiger partial charge < -0.3 is 9.80 Å². The molecule has 0 amide bonds. The molecule has 0 aromatic heterocycles. The van der Waals surface area contributed by atoms with Crippen molar-refractivity contribution in [3.05, 3.63) is 47.3 Å². The molecule has 1 unspecified atom stereocenters. The summed E-state index contributed by atoms with van der Waals surface area (Å²) in [7, 11) is 0. The minimum absolute atomic E-state index is 0.506. The first kappa shape index (κ1) is 9.34. The molecule has 3 aliphatic heterocycles. The number of hydrogen-bond acceptors (Lipinski definition) is 2. The second kappa shape index (κ2) is 2.95. The Morgan fingerprint density at radius 3 is 2.94 bits per heavy atom. The number of anilines is 1. The average Bonchev–Trinajstić information content (AvgIpc) is 2.85. The zero-order valence-corrected chi connectivity index (χ0v) is 10.2. The van der Waals surface area contributed by atoms with E-state index in [0.717, 1.165) is 6.42 Å². The van der Waals surface area contributed by atoms with Crippen LogP contribution in [0.25, 0.3) is 6.08 Å². The second-order valence-corrected chi connectivity index (χ2v) is 5.34. The molecular formula is C15H16N2. The van der Waals surface area contributed by atoms with E-state index < -0.39 is 0 Å². The molecule has 0 N–H and O–H groups in total. The highest BCUT2D eigenvalue weighted by Gasteiger charge is 2.41. The van der Waals surface area contributed by atoms with Gasteiger partial charge in [-0.15, -0.1) is 0 Å². The summed E-state index contributed by atoms with van der Waals surface area (Å²) in [6.45, 7) is 4.53. The largest absolute Gasteiger partial charge is 0.352 e. The lowest BCUT2D eigenvalue weighted by Crippen LogP contribution is -2.41. The fraction of sp³-hybridized carbons (Fsp3) is 0.333. The molecule has 1 atom stereocenters. The first-order valence-electron chi connectivity index (χ1n) is 6.34. The van der Waals surface area contributed by atoms with Crippen molar-refractivity contribution in [1.82, 2.24) is 4.90 Å². The van der Waals surface area contributed by atoms with Gasteiger partial charge >= 0.3 is 0 Å². The van der Waals surface area contributed by atoms with Crippen LogP contribution in [-0.4, -0.2) is 17.1 Å². The highest BCUT2D eigenvalue weighted by Crippen LogP contribution is 2.46. The predicted octanol–water partition coefficient (Wildman–Crippen LogP) is 2.97. The van der Waals surface area contributed by atoms with Crippen molar-refractivity contribution in [3.63, 3.8) is 0 Å². The van der Waals surface area contributed by atoms with Crippen LogP contribution < -0.4 is 4.90 Å². The van der Waals surface area contributed by atoms with Gasteiger partial charge in [0.05, 0.1) is 11.4 Å². The number of benzene rings is 1. The Balaban J connectivity index is 1.92. The summed E-state index contributed by atoms with van der Waals surface area (Å²) in [6.07, 6.45) is 8.44. The number of rotatable bonds is 1. The van der Waals surface area contributed by atoms with E-state index >= 15 is 0 Å². The Labute approximate surface area is 102 Å². The third-order valence-electron chi connectivity index (χ3n) is 4.03. The van der Waals surface area contributed by atoms with E-state index in [0.29, 0.717) is 12.2 Å². The lowest BCUT2D eigenvalue weighted by atomic mass is 10.0. The standard InChI is InChI=1S/C15H16N2/c1-10(2)16-9-13-7-6-11-4-3-5-12-8-14(16)17(13)15(11)12/h3-7,9-10,14H,8H2,1-2H3. The van der Waals surface area contributed by atoms with Gasteiger partial charge in [0.1, 0.15) is 6.17 Å². The lowest BCUT2D eigenvalue weighted by molar-refractivity contribution is 0.254. The van der Waals surface area contributed by atoms with Crippen LogP contribution in [-0.2, 0) is 6.42 Å². The Morgan fingerprint density at radius 2 is 2.12 bits per heavy atom. The molecule has 0 aliphatic carbocycles. The van der Waals surface area contributed by atoms with Crippen molar-refractivity contribution in [2.24, 2.45) is 0 Å². The van der Waals surface area contributed by atoms with Gasteiger partial charge in [-0.2, -0.15) is 0 Å². The molecule has 4 rings (SSSR count). The molecule has 0 bridgehead atoms. The summed E-state index contributed by atoms with van der Waals surface area (Å²) >= 11 is 0. The van der Waals surface area contributed by atoms with Gasteiger partial charge in [-0.1, -0.05) is 24.3 Å². The van der Waals surface area contributed by atoms with E-state index in [2.05, 4.69) is 60.2 Å². The summed E-state index contributed by atoms with van der Waals surface area (Å²) in [5.41, 5.74) is 5.65. The number of para-hydroxylation sites is 1. The van der Waals surface area contributed by atoms with E-state index in [-0.39, 0.29) is 0 Å². The Bertz CT molecular complexity index is 554. The van der Waals surface area contributed by atoms with Gasteiger partial charge in [-0.05, 0) is 31.1 Å². The van der Waals surface area contributed by atoms with Crippen LogP contribution in [0.3, 0.4) is 0 Å². The highest BCUT2D eigenvalue weighted by molar-refractivity contribution is 5.82. The average molecular weight is 224 g/mol. The third kappa shape index (κ3) is 1.05.